The molecule has 0 aliphatic heterocycles. The van der Waals surface area contributed by atoms with E-state index >= 15 is 0 Å². The fourth-order valence-corrected chi connectivity index (χ4v) is 2.40. The van der Waals surface area contributed by atoms with Crippen molar-refractivity contribution in [2.24, 2.45) is 0 Å². The summed E-state index contributed by atoms with van der Waals surface area (Å²) in [5.74, 6) is 0.459. The van der Waals surface area contributed by atoms with Gasteiger partial charge >= 0.3 is 7.12 Å². The van der Waals surface area contributed by atoms with Crippen molar-refractivity contribution in [2.75, 3.05) is 0 Å². The lowest BCUT2D eigenvalue weighted by atomic mass is 9.90. The first kappa shape index (κ1) is 12.0. The highest BCUT2D eigenvalue weighted by molar-refractivity contribution is 7.24. The van der Waals surface area contributed by atoms with Gasteiger partial charge in [0, 0.05) is 4.78 Å². The molecule has 0 saturated heterocycles. The van der Waals surface area contributed by atoms with Crippen molar-refractivity contribution >= 4 is 23.2 Å². The third kappa shape index (κ3) is 2.41. The standard InChI is InChI=1S/C11H9BN4O2S/c17-12(18)10-7-6-9(19-10)11-13-15-16(14-11)8-4-2-1-3-5-8/h1-7,17-18H. The van der Waals surface area contributed by atoms with E-state index in [-0.39, 0.29) is 0 Å². The Balaban J connectivity index is 1.92. The number of benzene rings is 1. The lowest BCUT2D eigenvalue weighted by molar-refractivity contribution is 0.427. The van der Waals surface area contributed by atoms with Crippen LogP contribution in [0.3, 0.4) is 0 Å². The average Bonchev–Trinajstić information content (AvgIpc) is 3.09. The highest BCUT2D eigenvalue weighted by Gasteiger charge is 2.16. The zero-order chi connectivity index (χ0) is 13.2. The lowest BCUT2D eigenvalue weighted by Crippen LogP contribution is -2.26. The predicted molar refractivity (Wildman–Crippen MR) is 72.3 cm³/mol. The van der Waals surface area contributed by atoms with E-state index in [0.717, 1.165) is 10.6 Å². The summed E-state index contributed by atoms with van der Waals surface area (Å²) in [4.78, 5) is 2.18. The first-order valence-corrected chi connectivity index (χ1v) is 6.37. The van der Waals surface area contributed by atoms with Crippen LogP contribution in [0.25, 0.3) is 16.4 Å². The summed E-state index contributed by atoms with van der Waals surface area (Å²) in [6, 6.07) is 12.8. The van der Waals surface area contributed by atoms with Crippen LogP contribution in [-0.4, -0.2) is 37.4 Å². The molecule has 6 nitrogen and oxygen atoms in total. The summed E-state index contributed by atoms with van der Waals surface area (Å²) in [6.45, 7) is 0. The molecule has 0 radical (unpaired) electrons. The molecule has 0 saturated carbocycles. The van der Waals surface area contributed by atoms with Gasteiger partial charge in [-0.15, -0.1) is 26.3 Å². The number of aromatic nitrogens is 4. The van der Waals surface area contributed by atoms with Crippen molar-refractivity contribution in [1.29, 1.82) is 0 Å². The fraction of sp³-hybridized carbons (Fsp3) is 0. The van der Waals surface area contributed by atoms with Crippen LogP contribution in [0.2, 0.25) is 0 Å². The molecular formula is C11H9BN4O2S. The van der Waals surface area contributed by atoms with Crippen LogP contribution in [0.4, 0.5) is 0 Å². The van der Waals surface area contributed by atoms with E-state index in [2.05, 4.69) is 15.4 Å². The lowest BCUT2D eigenvalue weighted by Gasteiger charge is -1.95. The maximum absolute atomic E-state index is 9.07. The van der Waals surface area contributed by atoms with Crippen LogP contribution in [0.5, 0.6) is 0 Å². The second kappa shape index (κ2) is 4.92. The second-order valence-electron chi connectivity index (χ2n) is 3.81. The topological polar surface area (TPSA) is 84.1 Å². The Bertz CT molecular complexity index is 683. The molecule has 0 spiro atoms. The molecule has 94 valence electrons. The monoisotopic (exact) mass is 272 g/mol. The zero-order valence-corrected chi connectivity index (χ0v) is 10.5. The number of rotatable bonds is 3. The summed E-state index contributed by atoms with van der Waals surface area (Å²) in [6.07, 6.45) is 0. The SMILES string of the molecule is OB(O)c1ccc(-c2nnn(-c3ccccc3)n2)s1. The van der Waals surface area contributed by atoms with Crippen LogP contribution in [0.15, 0.2) is 42.5 Å². The van der Waals surface area contributed by atoms with Gasteiger partial charge in [0.1, 0.15) is 0 Å². The minimum atomic E-state index is -1.47. The van der Waals surface area contributed by atoms with E-state index in [1.165, 1.54) is 16.1 Å². The van der Waals surface area contributed by atoms with Crippen molar-refractivity contribution in [3.05, 3.63) is 42.5 Å². The van der Waals surface area contributed by atoms with Gasteiger partial charge in [-0.1, -0.05) is 24.3 Å². The maximum atomic E-state index is 9.07. The second-order valence-corrected chi connectivity index (χ2v) is 4.93. The zero-order valence-electron chi connectivity index (χ0n) is 9.71. The number of tetrazole rings is 1. The summed E-state index contributed by atoms with van der Waals surface area (Å²) in [5.41, 5.74) is 0.820. The third-order valence-electron chi connectivity index (χ3n) is 2.50. The van der Waals surface area contributed by atoms with Crippen molar-refractivity contribution < 1.29 is 10.0 Å². The van der Waals surface area contributed by atoms with Crippen molar-refractivity contribution in [1.82, 2.24) is 20.2 Å². The fourth-order valence-electron chi connectivity index (χ4n) is 1.60. The molecule has 0 aliphatic rings. The maximum Gasteiger partial charge on any atom is 0.499 e. The Morgan fingerprint density at radius 2 is 1.84 bits per heavy atom. The minimum absolute atomic E-state index is 0.450. The molecule has 2 N–H and O–H groups in total. The third-order valence-corrected chi connectivity index (χ3v) is 3.62. The van der Waals surface area contributed by atoms with Crippen molar-refractivity contribution in [2.45, 2.75) is 0 Å². The summed E-state index contributed by atoms with van der Waals surface area (Å²) in [7, 11) is -1.47. The molecule has 0 atom stereocenters. The molecule has 0 bridgehead atoms. The Hall–Kier alpha value is -2.03. The Kier molecular flexibility index (Phi) is 3.12. The highest BCUT2D eigenvalue weighted by atomic mass is 32.1. The van der Waals surface area contributed by atoms with Gasteiger partial charge in [-0.3, -0.25) is 0 Å². The quantitative estimate of drug-likeness (QED) is 0.659. The normalized spacial score (nSPS) is 10.6. The average molecular weight is 272 g/mol. The van der Waals surface area contributed by atoms with Gasteiger partial charge in [-0.2, -0.15) is 0 Å². The Labute approximate surface area is 113 Å². The van der Waals surface area contributed by atoms with E-state index in [1.54, 1.807) is 12.1 Å². The smallest absolute Gasteiger partial charge is 0.423 e. The number of hydrogen-bond acceptors (Lipinski definition) is 6. The Morgan fingerprint density at radius 1 is 1.05 bits per heavy atom. The van der Waals surface area contributed by atoms with Crippen LogP contribution in [0, 0.1) is 0 Å². The summed E-state index contributed by atoms with van der Waals surface area (Å²) in [5, 5.41) is 30.3. The summed E-state index contributed by atoms with van der Waals surface area (Å²) < 4.78 is 0.450. The van der Waals surface area contributed by atoms with E-state index in [4.69, 9.17) is 10.0 Å². The molecule has 2 aromatic heterocycles. The largest absolute Gasteiger partial charge is 0.499 e. The van der Waals surface area contributed by atoms with Gasteiger partial charge in [-0.05, 0) is 23.4 Å². The summed E-state index contributed by atoms with van der Waals surface area (Å²) >= 11 is 1.22. The molecule has 3 aromatic rings. The van der Waals surface area contributed by atoms with Crippen molar-refractivity contribution in [3.63, 3.8) is 0 Å². The highest BCUT2D eigenvalue weighted by Crippen LogP contribution is 2.19. The molecule has 2 heterocycles. The molecule has 0 amide bonds. The number of nitrogens with zero attached hydrogens (tertiary/aromatic N) is 4. The van der Waals surface area contributed by atoms with Gasteiger partial charge in [0.25, 0.3) is 0 Å². The van der Waals surface area contributed by atoms with Crippen LogP contribution < -0.4 is 4.78 Å². The van der Waals surface area contributed by atoms with Crippen LogP contribution in [-0.2, 0) is 0 Å². The number of para-hydroxylation sites is 1. The molecule has 3 rings (SSSR count). The molecule has 0 aliphatic carbocycles. The van der Waals surface area contributed by atoms with Gasteiger partial charge in [-0.25, -0.2) is 0 Å². The molecule has 0 fully saturated rings. The van der Waals surface area contributed by atoms with Gasteiger partial charge in [0.15, 0.2) is 0 Å². The molecule has 19 heavy (non-hydrogen) atoms. The van der Waals surface area contributed by atoms with Crippen LogP contribution >= 0.6 is 11.3 Å². The molecule has 1 aromatic carbocycles. The van der Waals surface area contributed by atoms with Crippen molar-refractivity contribution in [3.8, 4) is 16.4 Å². The molecule has 8 heteroatoms. The van der Waals surface area contributed by atoms with E-state index in [1.807, 2.05) is 30.3 Å². The van der Waals surface area contributed by atoms with Crippen LogP contribution in [0.1, 0.15) is 0 Å². The molecule has 0 unspecified atom stereocenters. The van der Waals surface area contributed by atoms with Gasteiger partial charge in [0.2, 0.25) is 5.82 Å². The number of hydrogen-bond donors (Lipinski definition) is 2. The first-order valence-electron chi connectivity index (χ1n) is 5.56. The first-order chi connectivity index (χ1) is 9.24. The Morgan fingerprint density at radius 3 is 2.53 bits per heavy atom. The predicted octanol–water partition coefficient (Wildman–Crippen LogP) is 0.0706. The van der Waals surface area contributed by atoms with E-state index in [9.17, 15) is 0 Å². The van der Waals surface area contributed by atoms with E-state index in [0.29, 0.717) is 10.6 Å². The van der Waals surface area contributed by atoms with E-state index < -0.39 is 7.12 Å². The van der Waals surface area contributed by atoms with Gasteiger partial charge < -0.3 is 10.0 Å². The number of thiophene rings is 1. The van der Waals surface area contributed by atoms with Gasteiger partial charge in [0.05, 0.1) is 10.6 Å². The minimum Gasteiger partial charge on any atom is -0.423 e. The molecular weight excluding hydrogens is 263 g/mol.